The second kappa shape index (κ2) is 5.95. The number of likely N-dealkylation sites (tertiary alicyclic amines) is 1. The van der Waals surface area contributed by atoms with Crippen molar-refractivity contribution in [2.75, 3.05) is 13.1 Å². The van der Waals surface area contributed by atoms with Crippen LogP contribution >= 0.6 is 0 Å². The van der Waals surface area contributed by atoms with Crippen LogP contribution in [0.15, 0.2) is 12.7 Å². The normalized spacial score (nSPS) is 24.2. The molecule has 2 rings (SSSR count). The van der Waals surface area contributed by atoms with Gasteiger partial charge in [0.25, 0.3) is 0 Å². The predicted molar refractivity (Wildman–Crippen MR) is 67.6 cm³/mol. The highest BCUT2D eigenvalue weighted by atomic mass is 16.2. The number of aromatic nitrogens is 3. The highest BCUT2D eigenvalue weighted by molar-refractivity contribution is 5.76. The van der Waals surface area contributed by atoms with E-state index in [9.17, 15) is 4.79 Å². The second-order valence-electron chi connectivity index (χ2n) is 4.92. The number of carbonyl (C=O) groups is 1. The molecule has 0 aromatic carbocycles. The van der Waals surface area contributed by atoms with Crippen molar-refractivity contribution in [3.05, 3.63) is 12.7 Å². The fraction of sp³-hybridized carbons (Fsp3) is 0.750. The molecule has 0 radical (unpaired) electrons. The molecule has 1 fully saturated rings. The van der Waals surface area contributed by atoms with E-state index in [2.05, 4.69) is 17.0 Å². The molecule has 0 aliphatic carbocycles. The van der Waals surface area contributed by atoms with Crippen LogP contribution in [-0.4, -0.2) is 44.7 Å². The Balaban J connectivity index is 1.90. The third kappa shape index (κ3) is 2.87. The molecule has 6 heteroatoms. The molecule has 1 saturated heterocycles. The predicted octanol–water partition coefficient (Wildman–Crippen LogP) is 0.254. The van der Waals surface area contributed by atoms with Crippen LogP contribution in [0.2, 0.25) is 0 Å². The van der Waals surface area contributed by atoms with Gasteiger partial charge in [-0.2, -0.15) is 5.10 Å². The number of piperidine rings is 1. The average Bonchev–Trinajstić information content (AvgIpc) is 2.88. The van der Waals surface area contributed by atoms with E-state index in [1.165, 1.54) is 6.33 Å². The lowest BCUT2D eigenvalue weighted by Crippen LogP contribution is -2.51. The second-order valence-corrected chi connectivity index (χ2v) is 4.92. The first-order chi connectivity index (χ1) is 8.72. The van der Waals surface area contributed by atoms with Crippen molar-refractivity contribution in [1.82, 2.24) is 19.7 Å². The van der Waals surface area contributed by atoms with E-state index >= 15 is 0 Å². The summed E-state index contributed by atoms with van der Waals surface area (Å²) in [7, 11) is 0. The van der Waals surface area contributed by atoms with Gasteiger partial charge in [-0.1, -0.05) is 6.92 Å². The first kappa shape index (κ1) is 13.0. The van der Waals surface area contributed by atoms with E-state index < -0.39 is 0 Å². The van der Waals surface area contributed by atoms with Crippen molar-refractivity contribution in [3.63, 3.8) is 0 Å². The van der Waals surface area contributed by atoms with Crippen LogP contribution in [-0.2, 0) is 11.3 Å². The van der Waals surface area contributed by atoms with Gasteiger partial charge in [0, 0.05) is 25.6 Å². The van der Waals surface area contributed by atoms with Gasteiger partial charge >= 0.3 is 0 Å². The number of amides is 1. The van der Waals surface area contributed by atoms with Crippen LogP contribution in [0.1, 0.15) is 26.2 Å². The Morgan fingerprint density at radius 3 is 3.06 bits per heavy atom. The van der Waals surface area contributed by atoms with Gasteiger partial charge in [-0.3, -0.25) is 9.48 Å². The molecule has 0 saturated carbocycles. The van der Waals surface area contributed by atoms with Crippen molar-refractivity contribution in [2.24, 2.45) is 11.7 Å². The fourth-order valence-electron chi connectivity index (χ4n) is 2.62. The van der Waals surface area contributed by atoms with E-state index in [1.54, 1.807) is 11.0 Å². The topological polar surface area (TPSA) is 77.0 Å². The van der Waals surface area contributed by atoms with E-state index in [-0.39, 0.29) is 11.9 Å². The Morgan fingerprint density at radius 1 is 1.56 bits per heavy atom. The number of hydrogen-bond acceptors (Lipinski definition) is 4. The number of nitrogens with two attached hydrogens (primary N) is 1. The number of hydrogen-bond donors (Lipinski definition) is 1. The van der Waals surface area contributed by atoms with Gasteiger partial charge < -0.3 is 10.6 Å². The molecule has 2 unspecified atom stereocenters. The fourth-order valence-corrected chi connectivity index (χ4v) is 2.62. The van der Waals surface area contributed by atoms with Crippen molar-refractivity contribution in [1.29, 1.82) is 0 Å². The molecule has 1 aromatic heterocycles. The largest absolute Gasteiger partial charge is 0.338 e. The highest BCUT2D eigenvalue weighted by Crippen LogP contribution is 2.23. The molecule has 2 heterocycles. The van der Waals surface area contributed by atoms with Gasteiger partial charge in [0.15, 0.2) is 0 Å². The maximum absolute atomic E-state index is 12.2. The monoisotopic (exact) mass is 251 g/mol. The van der Waals surface area contributed by atoms with E-state index in [0.29, 0.717) is 25.4 Å². The van der Waals surface area contributed by atoms with Crippen LogP contribution in [0.5, 0.6) is 0 Å². The number of aryl methyl sites for hydroxylation is 1. The molecule has 2 atom stereocenters. The lowest BCUT2D eigenvalue weighted by atomic mass is 9.90. The quantitative estimate of drug-likeness (QED) is 0.832. The summed E-state index contributed by atoms with van der Waals surface area (Å²) in [6.45, 7) is 4.15. The van der Waals surface area contributed by atoms with Gasteiger partial charge in [-0.25, -0.2) is 4.98 Å². The third-order valence-corrected chi connectivity index (χ3v) is 3.70. The van der Waals surface area contributed by atoms with E-state index in [1.807, 2.05) is 4.90 Å². The Labute approximate surface area is 107 Å². The maximum atomic E-state index is 12.2. The van der Waals surface area contributed by atoms with Gasteiger partial charge in [0.2, 0.25) is 5.91 Å². The summed E-state index contributed by atoms with van der Waals surface area (Å²) >= 11 is 0. The van der Waals surface area contributed by atoms with Crippen molar-refractivity contribution < 1.29 is 4.79 Å². The molecule has 100 valence electrons. The Bertz CT molecular complexity index is 378. The molecule has 1 amide bonds. The lowest BCUT2D eigenvalue weighted by molar-refractivity contribution is -0.136. The summed E-state index contributed by atoms with van der Waals surface area (Å²) in [6, 6.07) is 0.196. The Kier molecular flexibility index (Phi) is 4.30. The molecule has 1 aromatic rings. The summed E-state index contributed by atoms with van der Waals surface area (Å²) in [5.41, 5.74) is 5.79. The third-order valence-electron chi connectivity index (χ3n) is 3.70. The van der Waals surface area contributed by atoms with Gasteiger partial charge in [0.1, 0.15) is 12.7 Å². The minimum Gasteiger partial charge on any atom is -0.338 e. The summed E-state index contributed by atoms with van der Waals surface area (Å²) < 4.78 is 1.68. The Morgan fingerprint density at radius 2 is 2.39 bits per heavy atom. The molecular weight excluding hydrogens is 230 g/mol. The zero-order valence-electron chi connectivity index (χ0n) is 10.8. The SMILES string of the molecule is CC1CCCN(C(=O)CCn2cncn2)C1CN. The highest BCUT2D eigenvalue weighted by Gasteiger charge is 2.30. The molecular formula is C12H21N5O. The van der Waals surface area contributed by atoms with Crippen LogP contribution in [0.4, 0.5) is 0 Å². The lowest BCUT2D eigenvalue weighted by Gasteiger charge is -2.39. The Hall–Kier alpha value is -1.43. The number of carbonyl (C=O) groups excluding carboxylic acids is 1. The van der Waals surface area contributed by atoms with Gasteiger partial charge in [-0.05, 0) is 18.8 Å². The number of rotatable bonds is 4. The van der Waals surface area contributed by atoms with Crippen molar-refractivity contribution >= 4 is 5.91 Å². The molecule has 6 nitrogen and oxygen atoms in total. The standard InChI is InChI=1S/C12H21N5O/c1-10-3-2-5-17(11(10)7-13)12(18)4-6-16-9-14-8-15-16/h8-11H,2-7,13H2,1H3. The molecule has 18 heavy (non-hydrogen) atoms. The molecule has 1 aliphatic rings. The van der Waals surface area contributed by atoms with Crippen molar-refractivity contribution in [2.45, 2.75) is 38.8 Å². The summed E-state index contributed by atoms with van der Waals surface area (Å²) in [4.78, 5) is 18.0. The first-order valence-electron chi connectivity index (χ1n) is 6.54. The number of nitrogens with zero attached hydrogens (tertiary/aromatic N) is 4. The minimum atomic E-state index is 0.174. The molecule has 1 aliphatic heterocycles. The van der Waals surface area contributed by atoms with Crippen LogP contribution in [0, 0.1) is 5.92 Å². The molecule has 0 bridgehead atoms. The van der Waals surface area contributed by atoms with Crippen LogP contribution < -0.4 is 5.73 Å². The van der Waals surface area contributed by atoms with Gasteiger partial charge in [-0.15, -0.1) is 0 Å². The van der Waals surface area contributed by atoms with Gasteiger partial charge in [0.05, 0.1) is 6.54 Å². The molecule has 0 spiro atoms. The molecule has 2 N–H and O–H groups in total. The van der Waals surface area contributed by atoms with Crippen molar-refractivity contribution in [3.8, 4) is 0 Å². The summed E-state index contributed by atoms with van der Waals surface area (Å²) in [6.07, 6.45) is 5.82. The summed E-state index contributed by atoms with van der Waals surface area (Å²) in [5, 5.41) is 4.00. The zero-order chi connectivity index (χ0) is 13.0. The average molecular weight is 251 g/mol. The smallest absolute Gasteiger partial charge is 0.224 e. The summed E-state index contributed by atoms with van der Waals surface area (Å²) in [5.74, 6) is 0.673. The van der Waals surface area contributed by atoms with E-state index in [0.717, 1.165) is 19.4 Å². The minimum absolute atomic E-state index is 0.174. The zero-order valence-corrected chi connectivity index (χ0v) is 10.8. The van der Waals surface area contributed by atoms with E-state index in [4.69, 9.17) is 5.73 Å². The first-order valence-corrected chi connectivity index (χ1v) is 6.54. The van der Waals surface area contributed by atoms with Crippen LogP contribution in [0.25, 0.3) is 0 Å². The van der Waals surface area contributed by atoms with Crippen LogP contribution in [0.3, 0.4) is 0 Å². The maximum Gasteiger partial charge on any atom is 0.224 e.